The molecule has 25 heavy (non-hydrogen) atoms. The normalized spacial score (nSPS) is 15.8. The summed E-state index contributed by atoms with van der Waals surface area (Å²) in [6.45, 7) is 6.18. The number of aryl methyl sites for hydroxylation is 1. The van der Waals surface area contributed by atoms with Gasteiger partial charge in [0.1, 0.15) is 11.6 Å². The summed E-state index contributed by atoms with van der Waals surface area (Å²) in [6.07, 6.45) is 4.21. The minimum Gasteiger partial charge on any atom is -0.357 e. The Morgan fingerprint density at radius 1 is 1.08 bits per heavy atom. The highest BCUT2D eigenvalue weighted by molar-refractivity contribution is 5.75. The number of fused-ring (bicyclic) bond motifs is 1. The van der Waals surface area contributed by atoms with E-state index in [1.807, 2.05) is 18.3 Å². The molecule has 0 saturated carbocycles. The molecule has 0 amide bonds. The van der Waals surface area contributed by atoms with Crippen molar-refractivity contribution in [2.45, 2.75) is 32.4 Å². The molecule has 0 unspecified atom stereocenters. The Bertz CT molecular complexity index is 818. The maximum absolute atomic E-state index is 4.64. The third-order valence-corrected chi connectivity index (χ3v) is 5.08. The first-order chi connectivity index (χ1) is 12.3. The molecule has 4 rings (SSSR count). The number of anilines is 1. The van der Waals surface area contributed by atoms with Crippen LogP contribution < -0.4 is 10.2 Å². The van der Waals surface area contributed by atoms with Crippen molar-refractivity contribution < 1.29 is 0 Å². The summed E-state index contributed by atoms with van der Waals surface area (Å²) in [7, 11) is 0. The average molecular weight is 335 g/mol. The van der Waals surface area contributed by atoms with Gasteiger partial charge in [-0.05, 0) is 44.0 Å². The van der Waals surface area contributed by atoms with Gasteiger partial charge in [-0.2, -0.15) is 0 Å². The van der Waals surface area contributed by atoms with E-state index < -0.39 is 0 Å². The molecule has 0 radical (unpaired) electrons. The second kappa shape index (κ2) is 7.23. The van der Waals surface area contributed by atoms with Crippen molar-refractivity contribution >= 4 is 16.9 Å². The van der Waals surface area contributed by atoms with Gasteiger partial charge in [0.2, 0.25) is 0 Å². The zero-order valence-electron chi connectivity index (χ0n) is 14.7. The van der Waals surface area contributed by atoms with Crippen LogP contribution in [0.5, 0.6) is 0 Å². The van der Waals surface area contributed by atoms with Gasteiger partial charge in [0.15, 0.2) is 0 Å². The Morgan fingerprint density at radius 3 is 2.68 bits per heavy atom. The maximum Gasteiger partial charge on any atom is 0.128 e. The number of rotatable bonds is 5. The van der Waals surface area contributed by atoms with Gasteiger partial charge in [-0.1, -0.05) is 18.2 Å². The Labute approximate surface area is 148 Å². The van der Waals surface area contributed by atoms with E-state index in [0.717, 1.165) is 43.3 Å². The standard InChI is InChI=1S/C20H25N5/c1-16-23-18-6-2-3-7-19(18)25(16)15-12-21-17-9-13-24(14-10-17)20-8-4-5-11-22-20/h2-8,11,17,21H,9-10,12-15H2,1H3. The van der Waals surface area contributed by atoms with Crippen LogP contribution in [0.15, 0.2) is 48.7 Å². The molecule has 5 nitrogen and oxygen atoms in total. The summed E-state index contributed by atoms with van der Waals surface area (Å²) in [5.74, 6) is 2.19. The fourth-order valence-corrected chi connectivity index (χ4v) is 3.71. The number of piperidine rings is 1. The van der Waals surface area contributed by atoms with Gasteiger partial charge in [0.05, 0.1) is 11.0 Å². The van der Waals surface area contributed by atoms with E-state index in [2.05, 4.69) is 62.0 Å². The lowest BCUT2D eigenvalue weighted by Crippen LogP contribution is -2.43. The number of aromatic nitrogens is 3. The lowest BCUT2D eigenvalue weighted by Gasteiger charge is -2.33. The number of nitrogens with zero attached hydrogens (tertiary/aromatic N) is 4. The highest BCUT2D eigenvalue weighted by Gasteiger charge is 2.19. The zero-order chi connectivity index (χ0) is 17.1. The fraction of sp³-hybridized carbons (Fsp3) is 0.400. The van der Waals surface area contributed by atoms with Crippen molar-refractivity contribution in [1.29, 1.82) is 0 Å². The number of benzene rings is 1. The number of para-hydroxylation sites is 2. The van der Waals surface area contributed by atoms with Crippen LogP contribution >= 0.6 is 0 Å². The second-order valence-corrected chi connectivity index (χ2v) is 6.70. The molecule has 1 N–H and O–H groups in total. The molecule has 1 aliphatic heterocycles. The first kappa shape index (κ1) is 16.1. The van der Waals surface area contributed by atoms with Crippen LogP contribution in [0.3, 0.4) is 0 Å². The Morgan fingerprint density at radius 2 is 1.88 bits per heavy atom. The van der Waals surface area contributed by atoms with Gasteiger partial charge in [-0.25, -0.2) is 9.97 Å². The summed E-state index contributed by atoms with van der Waals surface area (Å²) >= 11 is 0. The molecule has 0 bridgehead atoms. The molecule has 3 heterocycles. The minimum atomic E-state index is 0.593. The smallest absolute Gasteiger partial charge is 0.128 e. The van der Waals surface area contributed by atoms with Crippen molar-refractivity contribution in [2.24, 2.45) is 0 Å². The molecule has 1 fully saturated rings. The molecule has 1 aromatic carbocycles. The van der Waals surface area contributed by atoms with Gasteiger partial charge in [0.25, 0.3) is 0 Å². The molecule has 0 atom stereocenters. The van der Waals surface area contributed by atoms with Gasteiger partial charge in [-0.3, -0.25) is 0 Å². The monoisotopic (exact) mass is 335 g/mol. The van der Waals surface area contributed by atoms with E-state index >= 15 is 0 Å². The summed E-state index contributed by atoms with van der Waals surface area (Å²) < 4.78 is 2.31. The second-order valence-electron chi connectivity index (χ2n) is 6.70. The first-order valence-electron chi connectivity index (χ1n) is 9.12. The third kappa shape index (κ3) is 3.51. The molecule has 1 aliphatic rings. The molecular weight excluding hydrogens is 310 g/mol. The molecule has 0 aliphatic carbocycles. The Kier molecular flexibility index (Phi) is 4.65. The summed E-state index contributed by atoms with van der Waals surface area (Å²) in [5, 5.41) is 3.73. The van der Waals surface area contributed by atoms with Crippen molar-refractivity contribution in [3.8, 4) is 0 Å². The topological polar surface area (TPSA) is 46.0 Å². The van der Waals surface area contributed by atoms with Crippen molar-refractivity contribution in [3.63, 3.8) is 0 Å². The molecule has 130 valence electrons. The van der Waals surface area contributed by atoms with Crippen molar-refractivity contribution in [2.75, 3.05) is 24.5 Å². The van der Waals surface area contributed by atoms with Gasteiger partial charge < -0.3 is 14.8 Å². The lowest BCUT2D eigenvalue weighted by atomic mass is 10.1. The van der Waals surface area contributed by atoms with Gasteiger partial charge in [0, 0.05) is 38.4 Å². The minimum absolute atomic E-state index is 0.593. The van der Waals surface area contributed by atoms with Crippen LogP contribution in [-0.2, 0) is 6.54 Å². The number of imidazole rings is 1. The highest BCUT2D eigenvalue weighted by atomic mass is 15.2. The molecule has 0 spiro atoms. The zero-order valence-corrected chi connectivity index (χ0v) is 14.7. The fourth-order valence-electron chi connectivity index (χ4n) is 3.71. The average Bonchev–Trinajstić information content (AvgIpc) is 2.99. The molecular formula is C20H25N5. The quantitative estimate of drug-likeness (QED) is 0.779. The summed E-state index contributed by atoms with van der Waals surface area (Å²) in [6, 6.07) is 15.1. The number of hydrogen-bond donors (Lipinski definition) is 1. The Balaban J connectivity index is 1.29. The summed E-state index contributed by atoms with van der Waals surface area (Å²) in [4.78, 5) is 11.5. The molecule has 2 aromatic heterocycles. The first-order valence-corrected chi connectivity index (χ1v) is 9.12. The van der Waals surface area contributed by atoms with Crippen molar-refractivity contribution in [1.82, 2.24) is 19.9 Å². The van der Waals surface area contributed by atoms with E-state index in [0.29, 0.717) is 6.04 Å². The van der Waals surface area contributed by atoms with Crippen molar-refractivity contribution in [3.05, 3.63) is 54.5 Å². The van der Waals surface area contributed by atoms with E-state index in [-0.39, 0.29) is 0 Å². The Hall–Kier alpha value is -2.40. The van der Waals surface area contributed by atoms with Crippen LogP contribution in [0.4, 0.5) is 5.82 Å². The number of pyridine rings is 1. The molecule has 1 saturated heterocycles. The predicted molar refractivity (Wildman–Crippen MR) is 102 cm³/mol. The SMILES string of the molecule is Cc1nc2ccccc2n1CCNC1CCN(c2ccccn2)CC1. The van der Waals surface area contributed by atoms with E-state index in [9.17, 15) is 0 Å². The largest absolute Gasteiger partial charge is 0.357 e. The maximum atomic E-state index is 4.64. The van der Waals surface area contributed by atoms with E-state index in [1.165, 1.54) is 18.4 Å². The molecule has 3 aromatic rings. The van der Waals surface area contributed by atoms with Gasteiger partial charge >= 0.3 is 0 Å². The van der Waals surface area contributed by atoms with Crippen LogP contribution in [0.1, 0.15) is 18.7 Å². The highest BCUT2D eigenvalue weighted by Crippen LogP contribution is 2.18. The number of hydrogen-bond acceptors (Lipinski definition) is 4. The van der Waals surface area contributed by atoms with Crippen LogP contribution in [0, 0.1) is 6.92 Å². The van der Waals surface area contributed by atoms with Gasteiger partial charge in [-0.15, -0.1) is 0 Å². The van der Waals surface area contributed by atoms with Crippen LogP contribution in [0.2, 0.25) is 0 Å². The molecule has 5 heteroatoms. The third-order valence-electron chi connectivity index (χ3n) is 5.08. The van der Waals surface area contributed by atoms with Crippen LogP contribution in [-0.4, -0.2) is 40.2 Å². The van der Waals surface area contributed by atoms with E-state index in [1.54, 1.807) is 0 Å². The van der Waals surface area contributed by atoms with E-state index in [4.69, 9.17) is 0 Å². The lowest BCUT2D eigenvalue weighted by molar-refractivity contribution is 0.405. The summed E-state index contributed by atoms with van der Waals surface area (Å²) in [5.41, 5.74) is 2.32. The predicted octanol–water partition coefficient (Wildman–Crippen LogP) is 3.00. The van der Waals surface area contributed by atoms with Crippen LogP contribution in [0.25, 0.3) is 11.0 Å². The number of nitrogens with one attached hydrogen (secondary N) is 1.